The van der Waals surface area contributed by atoms with Crippen molar-refractivity contribution >= 4 is 21.8 Å². The second-order valence-electron chi connectivity index (χ2n) is 10.2. The number of fused-ring (bicyclic) bond motifs is 2. The average Bonchev–Trinajstić information content (AvgIpc) is 3.61. The Kier molecular flexibility index (Phi) is 6.26. The largest absolute Gasteiger partial charge is 0.508 e. The lowest BCUT2D eigenvalue weighted by Crippen LogP contribution is -2.12. The van der Waals surface area contributed by atoms with Gasteiger partial charge in [0.25, 0.3) is 0 Å². The molecule has 7 aromatic rings. The fourth-order valence-electron chi connectivity index (χ4n) is 5.35. The molecule has 0 spiro atoms. The lowest BCUT2D eigenvalue weighted by Gasteiger charge is -2.08. The van der Waals surface area contributed by atoms with Crippen molar-refractivity contribution in [3.8, 4) is 39.4 Å². The number of pyridine rings is 1. The number of halogens is 1. The molecular weight excluding hydrogens is 513 g/mol. The van der Waals surface area contributed by atoms with Crippen molar-refractivity contribution < 1.29 is 9.50 Å². The van der Waals surface area contributed by atoms with E-state index in [9.17, 15) is 9.50 Å². The number of rotatable bonds is 7. The predicted octanol–water partition coefficient (Wildman–Crippen LogP) is 7.57. The van der Waals surface area contributed by atoms with Crippen LogP contribution in [0.5, 0.6) is 5.75 Å². The second-order valence-corrected chi connectivity index (χ2v) is 10.2. The first-order valence-electron chi connectivity index (χ1n) is 13.4. The number of aromatic amines is 2. The SMILES string of the molecule is Oc1cc(F)cc(-c2cccc3[nH]c(-c4n[nH]c5ccc(-c6cncc(CNCc7ccccc7)c6)cc45)cc23)c1. The van der Waals surface area contributed by atoms with Gasteiger partial charge >= 0.3 is 0 Å². The zero-order chi connectivity index (χ0) is 27.8. The Morgan fingerprint density at radius 2 is 1.59 bits per heavy atom. The number of hydrogen-bond acceptors (Lipinski definition) is 4. The molecule has 0 aliphatic rings. The first-order chi connectivity index (χ1) is 20.1. The van der Waals surface area contributed by atoms with Crippen LogP contribution in [0.25, 0.3) is 55.4 Å². The summed E-state index contributed by atoms with van der Waals surface area (Å²) in [6, 6.07) is 30.7. The molecule has 0 aliphatic heterocycles. The first-order valence-corrected chi connectivity index (χ1v) is 13.4. The summed E-state index contributed by atoms with van der Waals surface area (Å²) in [5, 5.41) is 23.1. The molecular formula is C34H26FN5O. The molecule has 0 saturated heterocycles. The number of H-pyrrole nitrogens is 2. The molecule has 0 amide bonds. The van der Waals surface area contributed by atoms with Crippen molar-refractivity contribution in [1.82, 2.24) is 25.5 Å². The van der Waals surface area contributed by atoms with Gasteiger partial charge in [0.1, 0.15) is 17.3 Å². The Morgan fingerprint density at radius 3 is 2.46 bits per heavy atom. The molecule has 4 N–H and O–H groups in total. The number of aromatic hydroxyl groups is 1. The summed E-state index contributed by atoms with van der Waals surface area (Å²) in [4.78, 5) is 7.98. The van der Waals surface area contributed by atoms with E-state index in [1.165, 1.54) is 11.6 Å². The summed E-state index contributed by atoms with van der Waals surface area (Å²) in [6.45, 7) is 1.51. The van der Waals surface area contributed by atoms with Gasteiger partial charge in [0.15, 0.2) is 0 Å². The Balaban J connectivity index is 1.21. The molecule has 6 nitrogen and oxygen atoms in total. The van der Waals surface area contributed by atoms with Crippen molar-refractivity contribution in [2.75, 3.05) is 0 Å². The maximum atomic E-state index is 14.1. The summed E-state index contributed by atoms with van der Waals surface area (Å²) in [7, 11) is 0. The van der Waals surface area contributed by atoms with Crippen LogP contribution in [-0.4, -0.2) is 25.3 Å². The van der Waals surface area contributed by atoms with Gasteiger partial charge < -0.3 is 15.4 Å². The fourth-order valence-corrected chi connectivity index (χ4v) is 5.35. The molecule has 0 atom stereocenters. The Bertz CT molecular complexity index is 1990. The normalized spacial score (nSPS) is 11.4. The average molecular weight is 540 g/mol. The third-order valence-corrected chi connectivity index (χ3v) is 7.30. The van der Waals surface area contributed by atoms with Crippen molar-refractivity contribution in [1.29, 1.82) is 0 Å². The maximum Gasteiger partial charge on any atom is 0.127 e. The molecule has 0 saturated carbocycles. The number of nitrogens with zero attached hydrogens (tertiary/aromatic N) is 2. The topological polar surface area (TPSA) is 89.6 Å². The third-order valence-electron chi connectivity index (χ3n) is 7.30. The van der Waals surface area contributed by atoms with Crippen LogP contribution in [0.2, 0.25) is 0 Å². The minimum absolute atomic E-state index is 0.107. The molecule has 3 aromatic heterocycles. The van der Waals surface area contributed by atoms with Gasteiger partial charge in [-0.3, -0.25) is 10.1 Å². The fraction of sp³-hybridized carbons (Fsp3) is 0.0588. The molecule has 0 unspecified atom stereocenters. The van der Waals surface area contributed by atoms with Crippen LogP contribution in [-0.2, 0) is 13.1 Å². The quantitative estimate of drug-likeness (QED) is 0.168. The van der Waals surface area contributed by atoms with E-state index in [1.807, 2.05) is 60.9 Å². The van der Waals surface area contributed by atoms with Crippen molar-refractivity contribution in [3.63, 3.8) is 0 Å². The minimum atomic E-state index is -0.482. The monoisotopic (exact) mass is 539 g/mol. The molecule has 7 rings (SSSR count). The van der Waals surface area contributed by atoms with Crippen LogP contribution in [0.3, 0.4) is 0 Å². The number of hydrogen-bond donors (Lipinski definition) is 4. The highest BCUT2D eigenvalue weighted by atomic mass is 19.1. The van der Waals surface area contributed by atoms with E-state index in [4.69, 9.17) is 0 Å². The Labute approximate surface area is 235 Å². The van der Waals surface area contributed by atoms with Gasteiger partial charge in [0, 0.05) is 53.4 Å². The first kappa shape index (κ1) is 24.7. The summed E-state index contributed by atoms with van der Waals surface area (Å²) >= 11 is 0. The Hall–Kier alpha value is -5.27. The summed E-state index contributed by atoms with van der Waals surface area (Å²) in [5.41, 5.74) is 9.31. The van der Waals surface area contributed by atoms with Crippen molar-refractivity contribution in [2.24, 2.45) is 0 Å². The predicted molar refractivity (Wildman–Crippen MR) is 161 cm³/mol. The van der Waals surface area contributed by atoms with E-state index in [-0.39, 0.29) is 5.75 Å². The molecule has 0 fully saturated rings. The number of nitrogens with one attached hydrogen (secondary N) is 3. The van der Waals surface area contributed by atoms with E-state index in [0.29, 0.717) is 5.56 Å². The van der Waals surface area contributed by atoms with Gasteiger partial charge in [-0.1, -0.05) is 48.5 Å². The van der Waals surface area contributed by atoms with Crippen LogP contribution in [0.1, 0.15) is 11.1 Å². The van der Waals surface area contributed by atoms with Gasteiger partial charge in [-0.25, -0.2) is 4.39 Å². The van der Waals surface area contributed by atoms with E-state index < -0.39 is 5.82 Å². The van der Waals surface area contributed by atoms with Crippen LogP contribution in [0, 0.1) is 5.82 Å². The lowest BCUT2D eigenvalue weighted by molar-refractivity contribution is 0.469. The van der Waals surface area contributed by atoms with Crippen LogP contribution >= 0.6 is 0 Å². The zero-order valence-electron chi connectivity index (χ0n) is 22.0. The molecule has 7 heteroatoms. The Morgan fingerprint density at radius 1 is 0.707 bits per heavy atom. The maximum absolute atomic E-state index is 14.1. The number of benzene rings is 4. The number of aromatic nitrogens is 4. The standard InChI is InChI=1S/C34H26FN5O/c35-26-12-24(13-27(41)15-26)28-7-4-8-31-29(28)16-33(38-31)34-30-14-23(9-10-32(30)39-40-34)25-11-22(19-37-20-25)18-36-17-21-5-2-1-3-6-21/h1-16,19-20,36,38,41H,17-18H2,(H,39,40). The van der Waals surface area contributed by atoms with Crippen LogP contribution < -0.4 is 5.32 Å². The van der Waals surface area contributed by atoms with E-state index >= 15 is 0 Å². The molecule has 3 heterocycles. The third kappa shape index (κ3) is 4.95. The molecule has 0 radical (unpaired) electrons. The second kappa shape index (κ2) is 10.4. The highest BCUT2D eigenvalue weighted by molar-refractivity contribution is 6.02. The van der Waals surface area contributed by atoms with Gasteiger partial charge in [0.05, 0.1) is 11.2 Å². The molecule has 200 valence electrons. The van der Waals surface area contributed by atoms with E-state index in [1.54, 1.807) is 6.07 Å². The van der Waals surface area contributed by atoms with E-state index in [2.05, 4.69) is 55.8 Å². The van der Waals surface area contributed by atoms with Gasteiger partial charge in [0.2, 0.25) is 0 Å². The van der Waals surface area contributed by atoms with Gasteiger partial charge in [-0.05, 0) is 70.3 Å². The van der Waals surface area contributed by atoms with Crippen molar-refractivity contribution in [3.05, 3.63) is 126 Å². The zero-order valence-corrected chi connectivity index (χ0v) is 22.0. The molecule has 0 bridgehead atoms. The van der Waals surface area contributed by atoms with Crippen LogP contribution in [0.15, 0.2) is 109 Å². The molecule has 4 aromatic carbocycles. The lowest BCUT2D eigenvalue weighted by atomic mass is 10.0. The number of phenols is 1. The minimum Gasteiger partial charge on any atom is -0.508 e. The van der Waals surface area contributed by atoms with Crippen LogP contribution in [0.4, 0.5) is 4.39 Å². The molecule has 0 aliphatic carbocycles. The number of phenolic OH excluding ortho intramolecular Hbond substituents is 1. The summed E-state index contributed by atoms with van der Waals surface area (Å²) in [6.07, 6.45) is 3.77. The van der Waals surface area contributed by atoms with Gasteiger partial charge in [-0.15, -0.1) is 0 Å². The van der Waals surface area contributed by atoms with Gasteiger partial charge in [-0.2, -0.15) is 5.10 Å². The van der Waals surface area contributed by atoms with Crippen molar-refractivity contribution in [2.45, 2.75) is 13.1 Å². The summed E-state index contributed by atoms with van der Waals surface area (Å²) in [5.74, 6) is -0.590. The smallest absolute Gasteiger partial charge is 0.127 e. The highest BCUT2D eigenvalue weighted by Crippen LogP contribution is 2.36. The highest BCUT2D eigenvalue weighted by Gasteiger charge is 2.15. The van der Waals surface area contributed by atoms with E-state index in [0.717, 1.165) is 74.6 Å². The molecule has 41 heavy (non-hydrogen) atoms. The summed E-state index contributed by atoms with van der Waals surface area (Å²) < 4.78 is 14.1.